The Balaban J connectivity index is 2.29. The highest BCUT2D eigenvalue weighted by molar-refractivity contribution is 9.10. The Morgan fingerprint density at radius 3 is 2.39 bits per heavy atom. The Morgan fingerprint density at radius 1 is 1.13 bits per heavy atom. The molecule has 0 radical (unpaired) electrons. The van der Waals surface area contributed by atoms with Gasteiger partial charge in [-0.05, 0) is 55.5 Å². The van der Waals surface area contributed by atoms with E-state index >= 15 is 0 Å². The van der Waals surface area contributed by atoms with Crippen LogP contribution in [0.15, 0.2) is 59.1 Å². The highest BCUT2D eigenvalue weighted by Gasteiger charge is 2.28. The zero-order valence-corrected chi connectivity index (χ0v) is 18.3. The number of carbonyl (C=O) groups excluding carboxylic acids is 3. The number of hydrogen-bond donors (Lipinski definition) is 4. The molecule has 2 aromatic rings. The van der Waals surface area contributed by atoms with Crippen LogP contribution in [0.5, 0.6) is 5.75 Å². The number of amides is 2. The number of rotatable bonds is 8. The quantitative estimate of drug-likeness (QED) is 0.191. The van der Waals surface area contributed by atoms with Gasteiger partial charge in [0.2, 0.25) is 0 Å². The van der Waals surface area contributed by atoms with Gasteiger partial charge >= 0.3 is 6.09 Å². The van der Waals surface area contributed by atoms with E-state index in [0.717, 1.165) is 6.08 Å². The first kappa shape index (κ1) is 24.1. The molecule has 2 amide bonds. The van der Waals surface area contributed by atoms with Crippen LogP contribution in [0.1, 0.15) is 28.9 Å². The number of aromatic hydroxyl groups is 1. The van der Waals surface area contributed by atoms with Gasteiger partial charge in [0.05, 0.1) is 0 Å². The van der Waals surface area contributed by atoms with Crippen LogP contribution in [0.3, 0.4) is 0 Å². The van der Waals surface area contributed by atoms with Gasteiger partial charge in [-0.25, -0.2) is 10.3 Å². The molecule has 2 aromatic carbocycles. The minimum atomic E-state index is -1.15. The fourth-order valence-corrected chi connectivity index (χ4v) is 3.01. The van der Waals surface area contributed by atoms with Crippen LogP contribution >= 0.6 is 15.9 Å². The number of halogens is 1. The molecule has 10 heteroatoms. The molecule has 31 heavy (non-hydrogen) atoms. The Kier molecular flexibility index (Phi) is 8.74. The van der Waals surface area contributed by atoms with Gasteiger partial charge in [0, 0.05) is 34.5 Å². The fraction of sp³-hybridized carbons (Fsp3) is 0.190. The number of hydroxylamine groups is 1. The lowest BCUT2D eigenvalue weighted by atomic mass is 10.0. The zero-order valence-electron chi connectivity index (χ0n) is 16.7. The van der Waals surface area contributed by atoms with Gasteiger partial charge in [0.15, 0.2) is 11.9 Å². The third-order valence-electron chi connectivity index (χ3n) is 4.19. The first-order valence-corrected chi connectivity index (χ1v) is 9.76. The first-order valence-electron chi connectivity index (χ1n) is 8.97. The number of hydrogen-bond acceptors (Lipinski definition) is 7. The summed E-state index contributed by atoms with van der Waals surface area (Å²) in [6.45, 7) is 1.43. The molecule has 2 rings (SSSR count). The molecule has 0 aliphatic rings. The number of ether oxygens (including phenoxy) is 2. The summed E-state index contributed by atoms with van der Waals surface area (Å²) >= 11 is 3.30. The van der Waals surface area contributed by atoms with Gasteiger partial charge in [0.25, 0.3) is 5.91 Å². The number of phenolic OH excluding ortho intramolecular Hbond substituents is 1. The van der Waals surface area contributed by atoms with E-state index in [1.807, 2.05) is 0 Å². The Morgan fingerprint density at radius 2 is 1.81 bits per heavy atom. The standard InChI is InChI=1S/C21H21BrN2O7/c1-12(25)13-3-6-15(7-4-13)23-21(28)31-20(16-11-14(22)5-8-17(16)26)18(30-2)9-10-19(27)24-29/h3-11,18,20,26,29H,1-2H3,(H,23,28)(H,24,27)/b10-9+/t18-,20-/m1/s1. The predicted octanol–water partition coefficient (Wildman–Crippen LogP) is 3.72. The molecule has 0 heterocycles. The summed E-state index contributed by atoms with van der Waals surface area (Å²) in [5.74, 6) is -1.08. The summed E-state index contributed by atoms with van der Waals surface area (Å²) in [6, 6.07) is 10.8. The SMILES string of the molecule is CO[C@H](/C=C/C(=O)NO)[C@H](OC(=O)Nc1ccc(C(C)=O)cc1)c1cc(Br)ccc1O. The van der Waals surface area contributed by atoms with E-state index in [-0.39, 0.29) is 17.1 Å². The highest BCUT2D eigenvalue weighted by Crippen LogP contribution is 2.34. The van der Waals surface area contributed by atoms with Gasteiger partial charge in [-0.1, -0.05) is 15.9 Å². The highest BCUT2D eigenvalue weighted by atomic mass is 79.9. The Bertz CT molecular complexity index is 976. The van der Waals surface area contributed by atoms with E-state index in [0.29, 0.717) is 15.7 Å². The van der Waals surface area contributed by atoms with E-state index in [2.05, 4.69) is 21.2 Å². The van der Waals surface area contributed by atoms with Crippen molar-refractivity contribution in [2.75, 3.05) is 12.4 Å². The van der Waals surface area contributed by atoms with Crippen molar-refractivity contribution in [3.05, 3.63) is 70.2 Å². The van der Waals surface area contributed by atoms with Crippen molar-refractivity contribution in [2.45, 2.75) is 19.1 Å². The fourth-order valence-electron chi connectivity index (χ4n) is 2.63. The zero-order chi connectivity index (χ0) is 23.0. The minimum absolute atomic E-state index is 0.110. The Hall–Kier alpha value is -3.21. The van der Waals surface area contributed by atoms with Crippen molar-refractivity contribution in [1.82, 2.24) is 5.48 Å². The molecule has 2 atom stereocenters. The number of anilines is 1. The van der Waals surface area contributed by atoms with Crippen molar-refractivity contribution < 1.29 is 34.2 Å². The third kappa shape index (κ3) is 6.92. The summed E-state index contributed by atoms with van der Waals surface area (Å²) in [7, 11) is 1.33. The average molecular weight is 493 g/mol. The van der Waals surface area contributed by atoms with E-state index in [4.69, 9.17) is 14.7 Å². The predicted molar refractivity (Wildman–Crippen MR) is 115 cm³/mol. The molecule has 0 unspecified atom stereocenters. The van der Waals surface area contributed by atoms with E-state index in [1.165, 1.54) is 31.7 Å². The van der Waals surface area contributed by atoms with Crippen LogP contribution in [-0.2, 0) is 14.3 Å². The summed E-state index contributed by atoms with van der Waals surface area (Å²) in [4.78, 5) is 35.3. The molecule has 164 valence electrons. The maximum Gasteiger partial charge on any atom is 0.412 e. The van der Waals surface area contributed by atoms with Gasteiger partial charge in [-0.3, -0.25) is 20.1 Å². The van der Waals surface area contributed by atoms with Crippen LogP contribution in [0.2, 0.25) is 0 Å². The molecule has 0 spiro atoms. The summed E-state index contributed by atoms with van der Waals surface area (Å²) in [6.07, 6.45) is -0.726. The van der Waals surface area contributed by atoms with Crippen LogP contribution in [0, 0.1) is 0 Å². The monoisotopic (exact) mass is 492 g/mol. The molecule has 0 aromatic heterocycles. The summed E-state index contributed by atoms with van der Waals surface area (Å²) in [5, 5.41) is 21.5. The lowest BCUT2D eigenvalue weighted by Gasteiger charge is -2.25. The topological polar surface area (TPSA) is 134 Å². The number of methoxy groups -OCH3 is 1. The summed E-state index contributed by atoms with van der Waals surface area (Å²) in [5.41, 5.74) is 2.54. The summed E-state index contributed by atoms with van der Waals surface area (Å²) < 4.78 is 11.4. The van der Waals surface area contributed by atoms with Crippen LogP contribution in [0.4, 0.5) is 10.5 Å². The molecule has 9 nitrogen and oxygen atoms in total. The van der Waals surface area contributed by atoms with Crippen molar-refractivity contribution in [2.24, 2.45) is 0 Å². The molecular weight excluding hydrogens is 472 g/mol. The molecule has 0 aliphatic heterocycles. The van der Waals surface area contributed by atoms with E-state index < -0.39 is 24.2 Å². The molecule has 0 bridgehead atoms. The lowest BCUT2D eigenvalue weighted by Crippen LogP contribution is -2.27. The van der Waals surface area contributed by atoms with E-state index in [1.54, 1.807) is 36.4 Å². The number of ketones is 1. The van der Waals surface area contributed by atoms with Crippen molar-refractivity contribution in [3.8, 4) is 5.75 Å². The van der Waals surface area contributed by atoms with Gasteiger partial charge < -0.3 is 14.6 Å². The van der Waals surface area contributed by atoms with Crippen LogP contribution in [0.25, 0.3) is 0 Å². The van der Waals surface area contributed by atoms with Gasteiger partial charge in [-0.2, -0.15) is 0 Å². The van der Waals surface area contributed by atoms with E-state index in [9.17, 15) is 19.5 Å². The van der Waals surface area contributed by atoms with Crippen molar-refractivity contribution in [3.63, 3.8) is 0 Å². The van der Waals surface area contributed by atoms with Crippen LogP contribution in [-0.4, -0.2) is 41.3 Å². The Labute approximate surface area is 186 Å². The minimum Gasteiger partial charge on any atom is -0.508 e. The molecule has 0 aliphatic carbocycles. The second-order valence-electron chi connectivity index (χ2n) is 6.32. The maximum atomic E-state index is 12.5. The molecule has 4 N–H and O–H groups in total. The normalized spacial score (nSPS) is 12.8. The number of Topliss-reactive ketones (excluding diaryl/α,β-unsaturated/α-hetero) is 1. The second kappa shape index (κ2) is 11.3. The smallest absolute Gasteiger partial charge is 0.412 e. The lowest BCUT2D eigenvalue weighted by molar-refractivity contribution is -0.124. The maximum absolute atomic E-state index is 12.5. The van der Waals surface area contributed by atoms with Crippen LogP contribution < -0.4 is 10.8 Å². The molecule has 0 fully saturated rings. The van der Waals surface area contributed by atoms with Gasteiger partial charge in [-0.15, -0.1) is 0 Å². The number of phenols is 1. The first-order chi connectivity index (χ1) is 14.7. The van der Waals surface area contributed by atoms with Gasteiger partial charge in [0.1, 0.15) is 11.9 Å². The molecule has 0 saturated carbocycles. The number of carbonyl (C=O) groups is 3. The molecular formula is C21H21BrN2O7. The average Bonchev–Trinajstić information content (AvgIpc) is 2.75. The molecule has 0 saturated heterocycles. The number of benzene rings is 2. The van der Waals surface area contributed by atoms with Crippen molar-refractivity contribution >= 4 is 39.4 Å². The largest absolute Gasteiger partial charge is 0.508 e. The number of nitrogens with one attached hydrogen (secondary N) is 2. The third-order valence-corrected chi connectivity index (χ3v) is 4.68. The van der Waals surface area contributed by atoms with Crippen molar-refractivity contribution in [1.29, 1.82) is 0 Å². The second-order valence-corrected chi connectivity index (χ2v) is 7.24.